The van der Waals surface area contributed by atoms with E-state index in [0.29, 0.717) is 23.7 Å². The summed E-state index contributed by atoms with van der Waals surface area (Å²) in [6.07, 6.45) is 0.722. The summed E-state index contributed by atoms with van der Waals surface area (Å²) in [6.45, 7) is 6.00. The fourth-order valence-corrected chi connectivity index (χ4v) is 2.00. The average Bonchev–Trinajstić information content (AvgIpc) is 2.83. The van der Waals surface area contributed by atoms with Crippen molar-refractivity contribution in [3.05, 3.63) is 40.4 Å². The number of carbonyl (C=O) groups is 1. The maximum absolute atomic E-state index is 12.2. The molecule has 1 amide bonds. The van der Waals surface area contributed by atoms with Crippen LogP contribution < -0.4 is 16.6 Å². The van der Waals surface area contributed by atoms with E-state index in [1.807, 2.05) is 20.8 Å². The van der Waals surface area contributed by atoms with E-state index in [1.54, 1.807) is 12.1 Å². The Kier molecular flexibility index (Phi) is 4.54. The highest BCUT2D eigenvalue weighted by atomic mass is 16.5. The van der Waals surface area contributed by atoms with E-state index >= 15 is 0 Å². The molecule has 0 saturated heterocycles. The smallest absolute Gasteiger partial charge is 0.251 e. The number of carbonyl (C=O) groups excluding carboxylic acids is 1. The van der Waals surface area contributed by atoms with E-state index in [-0.39, 0.29) is 5.91 Å². The molecule has 0 atom stereocenters. The molecule has 0 unspecified atom stereocenters. The zero-order valence-electron chi connectivity index (χ0n) is 12.4. The Balaban J connectivity index is 2.13. The van der Waals surface area contributed by atoms with Crippen LogP contribution in [0.5, 0.6) is 0 Å². The first kappa shape index (κ1) is 15.0. The van der Waals surface area contributed by atoms with Crippen LogP contribution in [0.4, 0.5) is 5.82 Å². The van der Waals surface area contributed by atoms with Crippen LogP contribution in [0, 0.1) is 13.8 Å². The molecular formula is C14H19N5O2. The molecule has 2 aromatic rings. The van der Waals surface area contributed by atoms with Crippen molar-refractivity contribution in [1.82, 2.24) is 15.5 Å². The van der Waals surface area contributed by atoms with Gasteiger partial charge >= 0.3 is 0 Å². The summed E-state index contributed by atoms with van der Waals surface area (Å²) < 4.78 is 5.07. The number of hydrogen-bond donors (Lipinski definition) is 3. The third kappa shape index (κ3) is 3.38. The third-order valence-corrected chi connectivity index (χ3v) is 3.26. The zero-order valence-corrected chi connectivity index (χ0v) is 12.4. The minimum Gasteiger partial charge on any atom is -0.361 e. The minimum atomic E-state index is -0.191. The second-order valence-corrected chi connectivity index (χ2v) is 4.72. The molecule has 21 heavy (non-hydrogen) atoms. The second kappa shape index (κ2) is 6.36. The molecule has 4 N–H and O–H groups in total. The zero-order chi connectivity index (χ0) is 15.4. The van der Waals surface area contributed by atoms with Crippen molar-refractivity contribution in [2.75, 3.05) is 5.43 Å². The molecule has 0 saturated carbocycles. The summed E-state index contributed by atoms with van der Waals surface area (Å²) in [5.74, 6) is 6.36. The van der Waals surface area contributed by atoms with Crippen molar-refractivity contribution in [1.29, 1.82) is 0 Å². The van der Waals surface area contributed by atoms with Gasteiger partial charge in [-0.1, -0.05) is 12.1 Å². The van der Waals surface area contributed by atoms with Gasteiger partial charge in [-0.05, 0) is 32.4 Å². The van der Waals surface area contributed by atoms with Crippen molar-refractivity contribution in [3.63, 3.8) is 0 Å². The number of pyridine rings is 1. The van der Waals surface area contributed by atoms with Crippen molar-refractivity contribution in [3.8, 4) is 0 Å². The summed E-state index contributed by atoms with van der Waals surface area (Å²) in [6, 6.07) is 3.37. The summed E-state index contributed by atoms with van der Waals surface area (Å²) >= 11 is 0. The van der Waals surface area contributed by atoms with E-state index in [0.717, 1.165) is 23.4 Å². The number of hydrogen-bond acceptors (Lipinski definition) is 6. The first-order chi connectivity index (χ1) is 10.0. The summed E-state index contributed by atoms with van der Waals surface area (Å²) in [4.78, 5) is 16.5. The Labute approximate surface area is 122 Å². The Morgan fingerprint density at radius 2 is 2.14 bits per heavy atom. The van der Waals surface area contributed by atoms with E-state index in [9.17, 15) is 4.79 Å². The van der Waals surface area contributed by atoms with Gasteiger partial charge in [0.05, 0.1) is 5.69 Å². The van der Waals surface area contributed by atoms with Crippen LogP contribution in [0.25, 0.3) is 0 Å². The molecule has 2 rings (SSSR count). The number of nitrogens with one attached hydrogen (secondary N) is 2. The van der Waals surface area contributed by atoms with Crippen LogP contribution in [0.1, 0.15) is 40.0 Å². The van der Waals surface area contributed by atoms with E-state index in [4.69, 9.17) is 10.4 Å². The van der Waals surface area contributed by atoms with Crippen molar-refractivity contribution < 1.29 is 9.32 Å². The maximum atomic E-state index is 12.2. The number of aryl methyl sites for hydroxylation is 3. The van der Waals surface area contributed by atoms with Gasteiger partial charge in [0.15, 0.2) is 0 Å². The highest BCUT2D eigenvalue weighted by Gasteiger charge is 2.13. The summed E-state index contributed by atoms with van der Waals surface area (Å²) in [5, 5.41) is 6.71. The fourth-order valence-electron chi connectivity index (χ4n) is 2.00. The predicted molar refractivity (Wildman–Crippen MR) is 78.6 cm³/mol. The van der Waals surface area contributed by atoms with Crippen LogP contribution >= 0.6 is 0 Å². The molecule has 112 valence electrons. The third-order valence-electron chi connectivity index (χ3n) is 3.26. The SMILES string of the molecule is CCc1cc(C(=O)NCc2c(C)noc2C)cc(NN)n1. The quantitative estimate of drug-likeness (QED) is 0.568. The molecule has 0 spiro atoms. The van der Waals surface area contributed by atoms with E-state index in [1.165, 1.54) is 0 Å². The van der Waals surface area contributed by atoms with Crippen LogP contribution in [-0.2, 0) is 13.0 Å². The molecule has 0 aromatic carbocycles. The first-order valence-electron chi connectivity index (χ1n) is 6.72. The van der Waals surface area contributed by atoms with Crippen LogP contribution in [0.15, 0.2) is 16.7 Å². The summed E-state index contributed by atoms with van der Waals surface area (Å²) in [7, 11) is 0. The number of rotatable bonds is 5. The number of anilines is 1. The summed E-state index contributed by atoms with van der Waals surface area (Å²) in [5.41, 5.74) is 5.46. The lowest BCUT2D eigenvalue weighted by molar-refractivity contribution is 0.0950. The molecule has 0 bridgehead atoms. The van der Waals surface area contributed by atoms with Gasteiger partial charge in [-0.2, -0.15) is 0 Å². The average molecular weight is 289 g/mol. The lowest BCUT2D eigenvalue weighted by Gasteiger charge is -2.08. The lowest BCUT2D eigenvalue weighted by atomic mass is 10.1. The van der Waals surface area contributed by atoms with Gasteiger partial charge in [-0.3, -0.25) is 4.79 Å². The number of aromatic nitrogens is 2. The van der Waals surface area contributed by atoms with Gasteiger partial charge in [0.1, 0.15) is 11.6 Å². The molecule has 0 aliphatic heterocycles. The van der Waals surface area contributed by atoms with Gasteiger partial charge < -0.3 is 15.3 Å². The largest absolute Gasteiger partial charge is 0.361 e. The van der Waals surface area contributed by atoms with Crippen LogP contribution in [0.3, 0.4) is 0 Å². The molecule has 0 radical (unpaired) electrons. The highest BCUT2D eigenvalue weighted by molar-refractivity contribution is 5.95. The topological polar surface area (TPSA) is 106 Å². The standard InChI is InChI=1S/C14H19N5O2/c1-4-11-5-10(6-13(17-11)18-15)14(20)16-7-12-8(2)19-21-9(12)3/h5-6H,4,7,15H2,1-3H3,(H,16,20)(H,17,18). The fraction of sp³-hybridized carbons (Fsp3) is 0.357. The molecule has 7 heteroatoms. The molecule has 0 aliphatic carbocycles. The first-order valence-corrected chi connectivity index (χ1v) is 6.72. The van der Waals surface area contributed by atoms with Crippen molar-refractivity contribution >= 4 is 11.7 Å². The number of nitrogen functional groups attached to an aromatic ring is 1. The van der Waals surface area contributed by atoms with Gasteiger partial charge in [0, 0.05) is 23.4 Å². The minimum absolute atomic E-state index is 0.191. The van der Waals surface area contributed by atoms with Gasteiger partial charge in [-0.15, -0.1) is 0 Å². The Morgan fingerprint density at radius 1 is 1.38 bits per heavy atom. The number of nitrogens with two attached hydrogens (primary N) is 1. The van der Waals surface area contributed by atoms with E-state index in [2.05, 4.69) is 20.9 Å². The predicted octanol–water partition coefficient (Wildman–Crippen LogP) is 1.46. The number of amides is 1. The van der Waals surface area contributed by atoms with Gasteiger partial charge in [0.25, 0.3) is 5.91 Å². The molecular weight excluding hydrogens is 270 g/mol. The van der Waals surface area contributed by atoms with Gasteiger partial charge in [0.2, 0.25) is 0 Å². The normalized spacial score (nSPS) is 10.5. The van der Waals surface area contributed by atoms with Crippen molar-refractivity contribution in [2.45, 2.75) is 33.7 Å². The second-order valence-electron chi connectivity index (χ2n) is 4.72. The monoisotopic (exact) mass is 289 g/mol. The van der Waals surface area contributed by atoms with Gasteiger partial charge in [-0.25, -0.2) is 10.8 Å². The maximum Gasteiger partial charge on any atom is 0.251 e. The number of nitrogens with zero attached hydrogens (tertiary/aromatic N) is 2. The molecule has 0 aliphatic rings. The van der Waals surface area contributed by atoms with E-state index < -0.39 is 0 Å². The molecule has 7 nitrogen and oxygen atoms in total. The molecule has 2 aromatic heterocycles. The molecule has 2 heterocycles. The van der Waals surface area contributed by atoms with Crippen LogP contribution in [-0.4, -0.2) is 16.0 Å². The Hall–Kier alpha value is -2.41. The number of hydrazine groups is 1. The molecule has 0 fully saturated rings. The lowest BCUT2D eigenvalue weighted by Crippen LogP contribution is -2.24. The van der Waals surface area contributed by atoms with Crippen LogP contribution in [0.2, 0.25) is 0 Å². The highest BCUT2D eigenvalue weighted by Crippen LogP contribution is 2.13. The Bertz CT molecular complexity index is 609. The Morgan fingerprint density at radius 3 is 2.71 bits per heavy atom. The van der Waals surface area contributed by atoms with Crippen molar-refractivity contribution in [2.24, 2.45) is 5.84 Å².